The zero-order chi connectivity index (χ0) is 105. The first-order chi connectivity index (χ1) is 69.3. The fourth-order valence-electron chi connectivity index (χ4n) is 16.9. The number of aryl methyl sites for hydroxylation is 1. The first-order valence-corrected chi connectivity index (χ1v) is 50.3. The van der Waals surface area contributed by atoms with Crippen molar-refractivity contribution in [3.05, 3.63) is 89.5 Å². The van der Waals surface area contributed by atoms with Crippen molar-refractivity contribution < 1.29 is 102 Å². The third kappa shape index (κ3) is 44.3. The summed E-state index contributed by atoms with van der Waals surface area (Å²) in [7, 11) is 0. The maximum atomic E-state index is 15.4. The molecule has 2 saturated heterocycles. The van der Waals surface area contributed by atoms with Crippen molar-refractivity contribution in [2.45, 2.75) is 324 Å². The molecule has 3 aliphatic heterocycles. The van der Waals surface area contributed by atoms with Crippen LogP contribution in [0.15, 0.2) is 77.6 Å². The van der Waals surface area contributed by atoms with Gasteiger partial charge in [-0.1, -0.05) is 158 Å². The summed E-state index contributed by atoms with van der Waals surface area (Å²) >= 11 is 0. The van der Waals surface area contributed by atoms with Gasteiger partial charge in [0.15, 0.2) is 17.7 Å². The van der Waals surface area contributed by atoms with Crippen LogP contribution in [0.4, 0.5) is 0 Å². The summed E-state index contributed by atoms with van der Waals surface area (Å²) in [6, 6.07) is -3.09. The molecule has 794 valence electrons. The Morgan fingerprint density at radius 3 is 1.76 bits per heavy atom. The highest BCUT2D eigenvalue weighted by molar-refractivity contribution is 6.01. The number of allylic oxidation sites excluding steroid dienone is 1. The zero-order valence-corrected chi connectivity index (χ0v) is 82.6. The Morgan fingerprint density at radius 1 is 0.556 bits per heavy atom. The standard InChI is InChI=1S/C97H150N26O21/c1-3-4-34-70(85(132)113-74-42-41-65(127)32-20-17-21-35-68(61(2)126)109-90(137)76(53-63-56-107-69-36-25-24-33-67(63)69)114-86(133)71(37-27-46-105-96(99)100)111-89(136)75(52-62-29-18-16-19-30-62)116-94(141)80-55-66(128)57-123(80)95(74)142)112-92(139)78(58-124)118-91(138)77(54-64-31-26-45-103-64)115-93(140)79(59-125)117-87(134)72(38-28-47-106-97(101)102)110-88(135)73(43-44-81(98)129)108-84(131)60-144-51-50-143-49-48-104-83(130)40-23-15-13-11-9-7-5-6-8-10-12-14-22-39-82-119-121-122-120-82/h16,18-19,24-25,29-31,33,36,45,56,66,68,70-80,107,124-125,128H,3-15,17,20-23,26-28,32,34-35,37-44,46-55,57-60H2,1-2H3,(H2,98,129)(H,104,130)(H,108,131)(H,109,137)(H,110,135)(H,111,136)(H,112,139)(H,113,132)(H,114,133)(H,115,140)(H,116,141)(H,117,134)(H,118,138)(H4,99,100,105)(H4,101,102,106)(H,119,120,121,122)/t66-,68+,70+,71+,72+,73+,74+,75-,76+,77+,78+,79+,80+/m1/s1. The molecule has 47 heteroatoms. The molecule has 14 amide bonds. The summed E-state index contributed by atoms with van der Waals surface area (Å²) < 4.78 is 11.0. The molecular formula is C97H150N26O21. The van der Waals surface area contributed by atoms with Gasteiger partial charge in [0.2, 0.25) is 82.7 Å². The largest absolute Gasteiger partial charge is 0.394 e. The number of guanidine groups is 2. The van der Waals surface area contributed by atoms with E-state index in [1.807, 2.05) is 18.2 Å². The number of nitrogens with zero attached hydrogens (tertiary/aromatic N) is 5. The van der Waals surface area contributed by atoms with E-state index in [1.54, 1.807) is 55.6 Å². The molecule has 2 fully saturated rings. The minimum Gasteiger partial charge on any atom is -0.394 e. The van der Waals surface area contributed by atoms with E-state index in [9.17, 15) is 72.9 Å². The van der Waals surface area contributed by atoms with Gasteiger partial charge in [0, 0.05) is 119 Å². The number of hydrogen-bond donors (Lipinski definition) is 24. The number of H-pyrrole nitrogens is 2. The first-order valence-electron chi connectivity index (χ1n) is 50.3. The van der Waals surface area contributed by atoms with Crippen LogP contribution in [0, 0.1) is 10.8 Å². The number of hydrogen-bond acceptors (Lipinski definition) is 27. The zero-order valence-electron chi connectivity index (χ0n) is 82.6. The van der Waals surface area contributed by atoms with Gasteiger partial charge in [-0.15, -0.1) is 5.10 Å². The van der Waals surface area contributed by atoms with Crippen LogP contribution in [0.1, 0.15) is 243 Å². The van der Waals surface area contributed by atoms with E-state index in [0.717, 1.165) is 60.2 Å². The Bertz CT molecular complexity index is 4870. The Morgan fingerprint density at radius 2 is 1.12 bits per heavy atom. The van der Waals surface area contributed by atoms with Gasteiger partial charge in [0.25, 0.3) is 0 Å². The SMILES string of the molecule is CCCC[C@H](NC(=O)[C@H](CO)NC(=O)[C@H](CC1=CCC=N1)NC(=O)[C@H](CO)NC(=O)[C@H](CCCNC(=N)N)NC(=O)[C@H](CCC(N)=O)NC(=O)COCCOCCNC(=O)CCCCCCCCCCCCCCCc1nnn[nH]1)C(=O)N[C@H]1CCC(=O)CCCCC[C@@H](C(C)=O)NC(=O)[C@H](Cc2c[nH]c3ccccc23)NC(=O)[C@H](CCCNC(=N)N)NC(=O)[C@@H](Cc2ccccc2)NC(=O)[C@@H]2C[C@@H](O)CN2C1=O. The molecule has 0 bridgehead atoms. The molecule has 47 nitrogen and oxygen atoms in total. The predicted molar refractivity (Wildman–Crippen MR) is 531 cm³/mol. The smallest absolute Gasteiger partial charge is 0.246 e. The number of tetrazole rings is 1. The van der Waals surface area contributed by atoms with E-state index < -0.39 is 219 Å². The van der Waals surface area contributed by atoms with E-state index in [2.05, 4.69) is 105 Å². The van der Waals surface area contributed by atoms with E-state index in [-0.39, 0.29) is 146 Å². The summed E-state index contributed by atoms with van der Waals surface area (Å²) in [5.74, 6) is -13.5. The molecular weight excluding hydrogens is 1870 g/mol. The molecule has 7 rings (SSSR count). The van der Waals surface area contributed by atoms with E-state index >= 15 is 19.2 Å². The van der Waals surface area contributed by atoms with Crippen LogP contribution in [0.3, 0.4) is 0 Å². The number of aliphatic imine (C=N–C) groups is 1. The number of unbranched alkanes of at least 4 members (excludes halogenated alkanes) is 13. The molecule has 0 radical (unpaired) electrons. The van der Waals surface area contributed by atoms with Crippen LogP contribution in [0.5, 0.6) is 0 Å². The van der Waals surface area contributed by atoms with Crippen LogP contribution >= 0.6 is 0 Å². The topological polar surface area (TPSA) is 732 Å². The minimum absolute atomic E-state index is 0.0156. The molecule has 13 atom stereocenters. The molecule has 144 heavy (non-hydrogen) atoms. The number of para-hydroxylation sites is 1. The van der Waals surface area contributed by atoms with Crippen LogP contribution in [-0.2, 0) is 105 Å². The number of aliphatic hydroxyl groups excluding tert-OH is 3. The number of amides is 14. The Balaban J connectivity index is 0.985. The van der Waals surface area contributed by atoms with Crippen molar-refractivity contribution in [2.24, 2.45) is 22.2 Å². The predicted octanol–water partition coefficient (Wildman–Crippen LogP) is -0.768. The summed E-state index contributed by atoms with van der Waals surface area (Å²) in [6.45, 7) is 0.117. The minimum atomic E-state index is -1.91. The molecule has 4 aromatic rings. The number of aromatic nitrogens is 5. The second kappa shape index (κ2) is 65.8. The number of primary amides is 1. The number of rotatable bonds is 60. The lowest BCUT2D eigenvalue weighted by Crippen LogP contribution is -2.61. The van der Waals surface area contributed by atoms with Gasteiger partial charge >= 0.3 is 0 Å². The number of aromatic amines is 2. The molecule has 27 N–H and O–H groups in total. The number of nitrogens with two attached hydrogens (primary N) is 3. The highest BCUT2D eigenvalue weighted by Crippen LogP contribution is 2.25. The van der Waals surface area contributed by atoms with Gasteiger partial charge in [-0.2, -0.15) is 0 Å². The molecule has 0 saturated carbocycles. The van der Waals surface area contributed by atoms with E-state index in [4.69, 9.17) is 37.5 Å². The number of fused-ring (bicyclic) bond motifs is 2. The Hall–Kier alpha value is -13.3. The third-order valence-electron chi connectivity index (χ3n) is 24.9. The van der Waals surface area contributed by atoms with Crippen molar-refractivity contribution in [1.82, 2.24) is 105 Å². The number of Topliss-reactive ketones (excluding diaryl/α,β-unsaturated/α-hetero) is 2. The fourth-order valence-corrected chi connectivity index (χ4v) is 16.9. The second-order valence-corrected chi connectivity index (χ2v) is 36.6. The maximum Gasteiger partial charge on any atom is 0.246 e. The number of ketones is 2. The van der Waals surface area contributed by atoms with Crippen LogP contribution in [-0.4, -0.2) is 303 Å². The molecule has 0 aliphatic carbocycles. The van der Waals surface area contributed by atoms with E-state index in [0.29, 0.717) is 43.2 Å². The summed E-state index contributed by atoms with van der Waals surface area (Å²) in [5.41, 5.74) is 18.7. The van der Waals surface area contributed by atoms with Crippen LogP contribution in [0.2, 0.25) is 0 Å². The van der Waals surface area contributed by atoms with Crippen molar-refractivity contribution in [3.63, 3.8) is 0 Å². The van der Waals surface area contributed by atoms with Crippen LogP contribution in [0.25, 0.3) is 10.9 Å². The van der Waals surface area contributed by atoms with Crippen molar-refractivity contribution in [1.29, 1.82) is 10.8 Å². The quantitative estimate of drug-likeness (QED) is 0.0147. The lowest BCUT2D eigenvalue weighted by molar-refractivity contribution is -0.143. The monoisotopic (exact) mass is 2020 g/mol. The third-order valence-corrected chi connectivity index (χ3v) is 24.9. The lowest BCUT2D eigenvalue weighted by Gasteiger charge is -2.31. The van der Waals surface area contributed by atoms with Gasteiger partial charge in [-0.3, -0.25) is 92.5 Å². The number of carbonyl (C=O) groups excluding carboxylic acids is 16. The average Bonchev–Trinajstić information content (AvgIpc) is 1.66. The molecule has 2 aromatic carbocycles. The molecule has 3 aliphatic rings. The van der Waals surface area contributed by atoms with Crippen molar-refractivity contribution in [2.75, 3.05) is 65.8 Å². The van der Waals surface area contributed by atoms with Crippen LogP contribution < -0.4 is 91.6 Å². The first kappa shape index (κ1) is 118. The Kier molecular flexibility index (Phi) is 53.8. The summed E-state index contributed by atoms with van der Waals surface area (Å²) in [4.78, 5) is 236. The van der Waals surface area contributed by atoms with Gasteiger partial charge in [-0.25, -0.2) is 5.10 Å². The number of ether oxygens (including phenoxy) is 2. The normalized spacial score (nSPS) is 19.0. The highest BCUT2D eigenvalue weighted by Gasteiger charge is 2.45. The summed E-state index contributed by atoms with van der Waals surface area (Å²) in [5, 5.41) is 99.8. The van der Waals surface area contributed by atoms with Gasteiger partial charge in [-0.05, 0) is 105 Å². The Labute approximate surface area is 837 Å². The number of aliphatic hydroxyl groups is 3. The molecule has 5 heterocycles. The maximum absolute atomic E-state index is 15.4. The highest BCUT2D eigenvalue weighted by atomic mass is 16.5. The van der Waals surface area contributed by atoms with Crippen molar-refractivity contribution >= 4 is 123 Å². The second-order valence-electron chi connectivity index (χ2n) is 36.6. The summed E-state index contributed by atoms with van der Waals surface area (Å²) in [6.07, 6.45) is 18.4. The molecule has 2 aromatic heterocycles. The fraction of sp³-hybridized carbons (Fsp3) is 0.629. The van der Waals surface area contributed by atoms with Crippen molar-refractivity contribution in [3.8, 4) is 0 Å². The van der Waals surface area contributed by atoms with Gasteiger partial charge in [0.1, 0.15) is 84.7 Å². The molecule has 0 spiro atoms. The van der Waals surface area contributed by atoms with Gasteiger partial charge < -0.3 is 126 Å². The average molecular weight is 2020 g/mol. The number of carbonyl (C=O) groups is 16. The lowest BCUT2D eigenvalue weighted by atomic mass is 9.99. The van der Waals surface area contributed by atoms with E-state index in [1.165, 1.54) is 64.5 Å². The number of benzene rings is 2. The molecule has 0 unspecified atom stereocenters. The van der Waals surface area contributed by atoms with Gasteiger partial charge in [0.05, 0.1) is 45.2 Å². The number of nitrogens with one attached hydrogen (secondary N) is 18.